The highest BCUT2D eigenvalue weighted by atomic mass is 35.5. The number of benzene rings is 2. The van der Waals surface area contributed by atoms with E-state index in [1.54, 1.807) is 57.4 Å². The summed E-state index contributed by atoms with van der Waals surface area (Å²) in [6.45, 7) is 5.56. The summed E-state index contributed by atoms with van der Waals surface area (Å²) in [5.41, 5.74) is 1.75. The van der Waals surface area contributed by atoms with Gasteiger partial charge in [-0.3, -0.25) is 13.9 Å². The van der Waals surface area contributed by atoms with E-state index in [1.165, 1.54) is 11.0 Å². The van der Waals surface area contributed by atoms with Gasteiger partial charge in [0.25, 0.3) is 0 Å². The van der Waals surface area contributed by atoms with Gasteiger partial charge in [-0.25, -0.2) is 8.42 Å². The number of unbranched alkanes of at least 4 members (excludes halogenated alkanes) is 1. The molecule has 0 bridgehead atoms. The third kappa shape index (κ3) is 8.14. The van der Waals surface area contributed by atoms with E-state index < -0.39 is 28.5 Å². The Morgan fingerprint density at radius 1 is 1.14 bits per heavy atom. The lowest BCUT2D eigenvalue weighted by molar-refractivity contribution is -0.139. The monoisotopic (exact) mass is 523 g/mol. The minimum absolute atomic E-state index is 0.122. The Labute approximate surface area is 213 Å². The average Bonchev–Trinajstić information content (AvgIpc) is 2.81. The smallest absolute Gasteiger partial charge is 0.244 e. The van der Waals surface area contributed by atoms with Gasteiger partial charge in [0.1, 0.15) is 18.3 Å². The fourth-order valence-corrected chi connectivity index (χ4v) is 4.56. The molecule has 35 heavy (non-hydrogen) atoms. The third-order valence-corrected chi connectivity index (χ3v) is 6.99. The molecule has 2 rings (SSSR count). The summed E-state index contributed by atoms with van der Waals surface area (Å²) < 4.78 is 31.6. The largest absolute Gasteiger partial charge is 0.497 e. The topological polar surface area (TPSA) is 96.0 Å². The van der Waals surface area contributed by atoms with Gasteiger partial charge in [-0.15, -0.1) is 0 Å². The maximum atomic E-state index is 13.6. The first-order chi connectivity index (χ1) is 16.5. The standard InChI is InChI=1S/C25H34ClN3O5S/c1-6-7-14-27-25(31)19(3)28(16-20-9-12-22(34-4)13-10-20)24(30)17-29(35(5,32)33)23-15-21(26)11-8-18(23)2/h8-13,15,19H,6-7,14,16-17H2,1-5H3,(H,27,31)/t19-/m1/s1. The number of halogens is 1. The molecule has 0 aromatic heterocycles. The van der Waals surface area contributed by atoms with Gasteiger partial charge in [0.15, 0.2) is 0 Å². The maximum absolute atomic E-state index is 13.6. The van der Waals surface area contributed by atoms with Crippen LogP contribution in [0.15, 0.2) is 42.5 Å². The summed E-state index contributed by atoms with van der Waals surface area (Å²) in [4.78, 5) is 27.8. The molecule has 1 atom stereocenters. The van der Waals surface area contributed by atoms with Crippen LogP contribution in [0.4, 0.5) is 5.69 Å². The van der Waals surface area contributed by atoms with Crippen molar-refractivity contribution in [3.8, 4) is 5.75 Å². The van der Waals surface area contributed by atoms with Gasteiger partial charge in [0.05, 0.1) is 19.1 Å². The van der Waals surface area contributed by atoms with Crippen LogP contribution in [0, 0.1) is 6.92 Å². The molecule has 0 spiro atoms. The fourth-order valence-electron chi connectivity index (χ4n) is 3.49. The van der Waals surface area contributed by atoms with E-state index in [0.29, 0.717) is 28.6 Å². The van der Waals surface area contributed by atoms with Gasteiger partial charge in [-0.05, 0) is 55.7 Å². The summed E-state index contributed by atoms with van der Waals surface area (Å²) in [6.07, 6.45) is 2.78. The number of rotatable bonds is 12. The van der Waals surface area contributed by atoms with Crippen LogP contribution < -0.4 is 14.4 Å². The van der Waals surface area contributed by atoms with Crippen molar-refractivity contribution in [2.45, 2.75) is 46.2 Å². The van der Waals surface area contributed by atoms with Crippen LogP contribution in [-0.2, 0) is 26.2 Å². The molecule has 0 saturated heterocycles. The van der Waals surface area contributed by atoms with Crippen LogP contribution >= 0.6 is 11.6 Å². The van der Waals surface area contributed by atoms with Crippen LogP contribution in [0.3, 0.4) is 0 Å². The van der Waals surface area contributed by atoms with Gasteiger partial charge in [-0.2, -0.15) is 0 Å². The zero-order valence-electron chi connectivity index (χ0n) is 20.9. The molecule has 10 heteroatoms. The molecular formula is C25H34ClN3O5S. The lowest BCUT2D eigenvalue weighted by atomic mass is 10.1. The first kappa shape index (κ1) is 28.5. The molecule has 192 valence electrons. The van der Waals surface area contributed by atoms with E-state index in [9.17, 15) is 18.0 Å². The number of hydrogen-bond donors (Lipinski definition) is 1. The Kier molecular flexibility index (Phi) is 10.4. The number of nitrogens with zero attached hydrogens (tertiary/aromatic N) is 2. The summed E-state index contributed by atoms with van der Waals surface area (Å²) in [5.74, 6) is -0.148. The quantitative estimate of drug-likeness (QED) is 0.427. The number of ether oxygens (including phenoxy) is 1. The number of anilines is 1. The highest BCUT2D eigenvalue weighted by molar-refractivity contribution is 7.92. The molecule has 0 heterocycles. The normalized spacial score (nSPS) is 12.1. The van der Waals surface area contributed by atoms with Crippen molar-refractivity contribution in [1.82, 2.24) is 10.2 Å². The predicted molar refractivity (Wildman–Crippen MR) is 139 cm³/mol. The van der Waals surface area contributed by atoms with Gasteiger partial charge >= 0.3 is 0 Å². The second-order valence-electron chi connectivity index (χ2n) is 8.39. The fraction of sp³-hybridized carbons (Fsp3) is 0.440. The second kappa shape index (κ2) is 12.8. The number of carbonyl (C=O) groups excluding carboxylic acids is 2. The minimum Gasteiger partial charge on any atom is -0.497 e. The van der Waals surface area contributed by atoms with Gasteiger partial charge in [0.2, 0.25) is 21.8 Å². The summed E-state index contributed by atoms with van der Waals surface area (Å²) in [7, 11) is -2.26. The molecule has 0 radical (unpaired) electrons. The molecule has 2 aromatic carbocycles. The molecule has 0 unspecified atom stereocenters. The Bertz CT molecular complexity index is 1120. The van der Waals surface area contributed by atoms with Crippen molar-refractivity contribution in [2.75, 3.05) is 30.8 Å². The van der Waals surface area contributed by atoms with Crippen LogP contribution in [0.1, 0.15) is 37.8 Å². The number of amides is 2. The average molecular weight is 524 g/mol. The van der Waals surface area contributed by atoms with Crippen molar-refractivity contribution < 1.29 is 22.7 Å². The number of nitrogens with one attached hydrogen (secondary N) is 1. The Morgan fingerprint density at radius 2 is 1.80 bits per heavy atom. The lowest BCUT2D eigenvalue weighted by Gasteiger charge is -2.32. The Balaban J connectivity index is 2.38. The Morgan fingerprint density at radius 3 is 2.37 bits per heavy atom. The maximum Gasteiger partial charge on any atom is 0.244 e. The molecule has 1 N–H and O–H groups in total. The number of carbonyl (C=O) groups is 2. The van der Waals surface area contributed by atoms with Crippen molar-refractivity contribution in [2.24, 2.45) is 0 Å². The van der Waals surface area contributed by atoms with Crippen LogP contribution in [0.2, 0.25) is 5.02 Å². The number of hydrogen-bond acceptors (Lipinski definition) is 5. The third-order valence-electron chi connectivity index (χ3n) is 5.63. The highest BCUT2D eigenvalue weighted by Gasteiger charge is 2.30. The van der Waals surface area contributed by atoms with E-state index in [-0.39, 0.29) is 12.5 Å². The molecule has 8 nitrogen and oxygen atoms in total. The second-order valence-corrected chi connectivity index (χ2v) is 10.7. The van der Waals surface area contributed by atoms with E-state index in [2.05, 4.69) is 5.32 Å². The van der Waals surface area contributed by atoms with E-state index in [1.807, 2.05) is 6.92 Å². The van der Waals surface area contributed by atoms with E-state index in [0.717, 1.165) is 29.0 Å². The van der Waals surface area contributed by atoms with Crippen LogP contribution in [0.25, 0.3) is 0 Å². The summed E-state index contributed by atoms with van der Waals surface area (Å²) >= 11 is 6.11. The van der Waals surface area contributed by atoms with Crippen LogP contribution in [-0.4, -0.2) is 57.6 Å². The lowest BCUT2D eigenvalue weighted by Crippen LogP contribution is -2.51. The molecule has 0 aliphatic heterocycles. The van der Waals surface area contributed by atoms with Gasteiger partial charge in [0, 0.05) is 18.1 Å². The summed E-state index contributed by atoms with van der Waals surface area (Å²) in [6, 6.07) is 11.2. The molecule has 0 aliphatic carbocycles. The molecule has 2 amide bonds. The van der Waals surface area contributed by atoms with Crippen molar-refractivity contribution in [1.29, 1.82) is 0 Å². The number of methoxy groups -OCH3 is 1. The van der Waals surface area contributed by atoms with Crippen LogP contribution in [0.5, 0.6) is 5.75 Å². The predicted octanol–water partition coefficient (Wildman–Crippen LogP) is 3.76. The van der Waals surface area contributed by atoms with Gasteiger partial charge < -0.3 is 15.0 Å². The zero-order chi connectivity index (χ0) is 26.2. The van der Waals surface area contributed by atoms with E-state index in [4.69, 9.17) is 16.3 Å². The molecule has 0 saturated carbocycles. The van der Waals surface area contributed by atoms with Crippen molar-refractivity contribution in [3.63, 3.8) is 0 Å². The minimum atomic E-state index is -3.82. The first-order valence-electron chi connectivity index (χ1n) is 11.4. The van der Waals surface area contributed by atoms with E-state index >= 15 is 0 Å². The molecule has 2 aromatic rings. The van der Waals surface area contributed by atoms with Crippen molar-refractivity contribution >= 4 is 39.1 Å². The zero-order valence-corrected chi connectivity index (χ0v) is 22.4. The first-order valence-corrected chi connectivity index (χ1v) is 13.6. The summed E-state index contributed by atoms with van der Waals surface area (Å²) in [5, 5.41) is 3.20. The highest BCUT2D eigenvalue weighted by Crippen LogP contribution is 2.27. The number of sulfonamides is 1. The number of aryl methyl sites for hydroxylation is 1. The van der Waals surface area contributed by atoms with Crippen molar-refractivity contribution in [3.05, 3.63) is 58.6 Å². The molecular weight excluding hydrogens is 490 g/mol. The molecule has 0 aliphatic rings. The molecule has 0 fully saturated rings. The van der Waals surface area contributed by atoms with Gasteiger partial charge in [-0.1, -0.05) is 43.1 Å². The Hall–Kier alpha value is -2.78. The SMILES string of the molecule is CCCCNC(=O)[C@@H](C)N(Cc1ccc(OC)cc1)C(=O)CN(c1cc(Cl)ccc1C)S(C)(=O)=O.